The van der Waals surface area contributed by atoms with Crippen LogP contribution < -0.4 is 0 Å². The van der Waals surface area contributed by atoms with E-state index in [1.54, 1.807) is 12.1 Å². The molecule has 0 saturated heterocycles. The van der Waals surface area contributed by atoms with Crippen molar-refractivity contribution in [2.45, 2.75) is 32.9 Å². The molecule has 1 aromatic carbocycles. The molecule has 0 saturated carbocycles. The molecule has 0 spiro atoms. The second-order valence-corrected chi connectivity index (χ2v) is 5.29. The summed E-state index contributed by atoms with van der Waals surface area (Å²) in [6, 6.07) is 5.57. The van der Waals surface area contributed by atoms with Gasteiger partial charge >= 0.3 is 5.97 Å². The summed E-state index contributed by atoms with van der Waals surface area (Å²) in [5.74, 6) is -0.794. The van der Waals surface area contributed by atoms with Gasteiger partial charge in [0.2, 0.25) is 0 Å². The Morgan fingerprint density at radius 3 is 2.61 bits per heavy atom. The molecule has 1 rings (SSSR count). The Balaban J connectivity index is 2.76. The summed E-state index contributed by atoms with van der Waals surface area (Å²) in [5, 5.41) is 10.0. The molecule has 0 amide bonds. The molecule has 0 aliphatic carbocycles. The molecular formula is C13H17Cl2NO2. The Labute approximate surface area is 117 Å². The van der Waals surface area contributed by atoms with Crippen LogP contribution in [0, 0.1) is 0 Å². The number of hydrogen-bond acceptors (Lipinski definition) is 2. The highest BCUT2D eigenvalue weighted by Gasteiger charge is 2.13. The molecule has 0 radical (unpaired) electrons. The molecule has 0 fully saturated rings. The van der Waals surface area contributed by atoms with Crippen molar-refractivity contribution in [2.24, 2.45) is 0 Å². The third-order valence-corrected chi connectivity index (χ3v) is 3.33. The first-order valence-electron chi connectivity index (χ1n) is 5.80. The molecule has 5 heteroatoms. The smallest absolute Gasteiger partial charge is 0.304 e. The number of carbonyl (C=O) groups is 1. The minimum Gasteiger partial charge on any atom is -0.481 e. The van der Waals surface area contributed by atoms with Crippen molar-refractivity contribution >= 4 is 29.2 Å². The highest BCUT2D eigenvalue weighted by molar-refractivity contribution is 6.33. The molecule has 0 heterocycles. The Kier molecular flexibility index (Phi) is 5.93. The van der Waals surface area contributed by atoms with Crippen LogP contribution in [0.2, 0.25) is 10.0 Å². The highest BCUT2D eigenvalue weighted by atomic mass is 35.5. The first-order valence-corrected chi connectivity index (χ1v) is 6.55. The van der Waals surface area contributed by atoms with E-state index < -0.39 is 5.97 Å². The molecular weight excluding hydrogens is 273 g/mol. The van der Waals surface area contributed by atoms with Gasteiger partial charge in [-0.05, 0) is 37.6 Å². The number of benzene rings is 1. The van der Waals surface area contributed by atoms with Gasteiger partial charge in [0.1, 0.15) is 0 Å². The quantitative estimate of drug-likeness (QED) is 0.868. The predicted octanol–water partition coefficient (Wildman–Crippen LogP) is 3.68. The SMILES string of the molecule is CC(C)N(CCC(=O)O)Cc1cc(Cl)ccc1Cl. The van der Waals surface area contributed by atoms with Gasteiger partial charge in [-0.15, -0.1) is 0 Å². The van der Waals surface area contributed by atoms with Crippen LogP contribution in [0.25, 0.3) is 0 Å². The number of halogens is 2. The average molecular weight is 290 g/mol. The minimum absolute atomic E-state index is 0.121. The lowest BCUT2D eigenvalue weighted by atomic mass is 10.1. The third kappa shape index (κ3) is 4.84. The molecule has 3 nitrogen and oxygen atoms in total. The van der Waals surface area contributed by atoms with Crippen LogP contribution in [0.1, 0.15) is 25.8 Å². The van der Waals surface area contributed by atoms with Gasteiger partial charge in [0.25, 0.3) is 0 Å². The highest BCUT2D eigenvalue weighted by Crippen LogP contribution is 2.22. The van der Waals surface area contributed by atoms with Crippen molar-refractivity contribution in [2.75, 3.05) is 6.54 Å². The monoisotopic (exact) mass is 289 g/mol. The normalized spacial score (nSPS) is 11.2. The summed E-state index contributed by atoms with van der Waals surface area (Å²) in [4.78, 5) is 12.7. The maximum Gasteiger partial charge on any atom is 0.304 e. The van der Waals surface area contributed by atoms with E-state index >= 15 is 0 Å². The number of aliphatic carboxylic acids is 1. The van der Waals surface area contributed by atoms with Crippen molar-refractivity contribution in [1.29, 1.82) is 0 Å². The molecule has 0 aliphatic heterocycles. The van der Waals surface area contributed by atoms with Crippen molar-refractivity contribution in [3.8, 4) is 0 Å². The van der Waals surface area contributed by atoms with Crippen molar-refractivity contribution in [3.05, 3.63) is 33.8 Å². The van der Waals surface area contributed by atoms with Crippen LogP contribution in [0.5, 0.6) is 0 Å². The Bertz CT molecular complexity index is 421. The van der Waals surface area contributed by atoms with Gasteiger partial charge in [-0.3, -0.25) is 9.69 Å². The van der Waals surface area contributed by atoms with Gasteiger partial charge in [-0.25, -0.2) is 0 Å². The van der Waals surface area contributed by atoms with E-state index in [9.17, 15) is 4.79 Å². The molecule has 0 atom stereocenters. The van der Waals surface area contributed by atoms with E-state index in [1.165, 1.54) is 0 Å². The number of rotatable bonds is 6. The summed E-state index contributed by atoms with van der Waals surface area (Å²) in [5.41, 5.74) is 0.920. The zero-order valence-electron chi connectivity index (χ0n) is 10.5. The number of hydrogen-bond donors (Lipinski definition) is 1. The fourth-order valence-corrected chi connectivity index (χ4v) is 2.01. The van der Waals surface area contributed by atoms with E-state index in [4.69, 9.17) is 28.3 Å². The fraction of sp³-hybridized carbons (Fsp3) is 0.462. The molecule has 100 valence electrons. The minimum atomic E-state index is -0.794. The maximum absolute atomic E-state index is 10.6. The van der Waals surface area contributed by atoms with Gasteiger partial charge in [0, 0.05) is 29.2 Å². The van der Waals surface area contributed by atoms with Crippen LogP contribution in [0.4, 0.5) is 0 Å². The lowest BCUT2D eigenvalue weighted by molar-refractivity contribution is -0.137. The van der Waals surface area contributed by atoms with Crippen LogP contribution in [0.15, 0.2) is 18.2 Å². The zero-order chi connectivity index (χ0) is 13.7. The Morgan fingerprint density at radius 1 is 1.39 bits per heavy atom. The summed E-state index contributed by atoms with van der Waals surface area (Å²) in [6.45, 7) is 5.15. The van der Waals surface area contributed by atoms with Crippen molar-refractivity contribution in [3.63, 3.8) is 0 Å². The van der Waals surface area contributed by atoms with Crippen LogP contribution in [-0.4, -0.2) is 28.6 Å². The van der Waals surface area contributed by atoms with Crippen LogP contribution >= 0.6 is 23.2 Å². The Morgan fingerprint density at radius 2 is 2.06 bits per heavy atom. The maximum atomic E-state index is 10.6. The fourth-order valence-electron chi connectivity index (χ4n) is 1.64. The van der Waals surface area contributed by atoms with E-state index in [2.05, 4.69) is 4.90 Å². The van der Waals surface area contributed by atoms with E-state index in [0.717, 1.165) is 5.56 Å². The van der Waals surface area contributed by atoms with E-state index in [1.807, 2.05) is 19.9 Å². The largest absolute Gasteiger partial charge is 0.481 e. The molecule has 1 aromatic rings. The summed E-state index contributed by atoms with van der Waals surface area (Å²) < 4.78 is 0. The molecule has 1 N–H and O–H groups in total. The lowest BCUT2D eigenvalue weighted by Crippen LogP contribution is -2.32. The second kappa shape index (κ2) is 6.98. The second-order valence-electron chi connectivity index (χ2n) is 4.44. The third-order valence-electron chi connectivity index (χ3n) is 2.72. The lowest BCUT2D eigenvalue weighted by Gasteiger charge is -2.26. The molecule has 0 bridgehead atoms. The standard InChI is InChI=1S/C13H17Cl2NO2/c1-9(2)16(6-5-13(17)18)8-10-7-11(14)3-4-12(10)15/h3-4,7,9H,5-6,8H2,1-2H3,(H,17,18). The Hall–Kier alpha value is -0.770. The molecule has 0 unspecified atom stereocenters. The van der Waals surface area contributed by atoms with Gasteiger partial charge in [0.15, 0.2) is 0 Å². The average Bonchev–Trinajstić information content (AvgIpc) is 2.28. The van der Waals surface area contributed by atoms with Gasteiger partial charge in [-0.1, -0.05) is 23.2 Å². The van der Waals surface area contributed by atoms with Gasteiger partial charge in [-0.2, -0.15) is 0 Å². The van der Waals surface area contributed by atoms with E-state index in [-0.39, 0.29) is 12.5 Å². The van der Waals surface area contributed by atoms with Crippen LogP contribution in [0.3, 0.4) is 0 Å². The number of nitrogens with zero attached hydrogens (tertiary/aromatic N) is 1. The van der Waals surface area contributed by atoms with Gasteiger partial charge in [0.05, 0.1) is 6.42 Å². The molecule has 0 aliphatic rings. The molecule has 18 heavy (non-hydrogen) atoms. The predicted molar refractivity (Wildman–Crippen MR) is 74.3 cm³/mol. The summed E-state index contributed by atoms with van der Waals surface area (Å²) in [7, 11) is 0. The van der Waals surface area contributed by atoms with Crippen LogP contribution in [-0.2, 0) is 11.3 Å². The van der Waals surface area contributed by atoms with Gasteiger partial charge < -0.3 is 5.11 Å². The summed E-state index contributed by atoms with van der Waals surface area (Å²) in [6.07, 6.45) is 0.121. The zero-order valence-corrected chi connectivity index (χ0v) is 12.0. The molecule has 0 aromatic heterocycles. The topological polar surface area (TPSA) is 40.5 Å². The number of carboxylic acids is 1. The van der Waals surface area contributed by atoms with Crippen molar-refractivity contribution in [1.82, 2.24) is 4.90 Å². The summed E-state index contributed by atoms with van der Waals surface area (Å²) >= 11 is 12.0. The first-order chi connectivity index (χ1) is 8.40. The van der Waals surface area contributed by atoms with E-state index in [0.29, 0.717) is 23.1 Å². The first kappa shape index (κ1) is 15.3. The number of carboxylic acid groups (broad SMARTS) is 1. The van der Waals surface area contributed by atoms with Crippen molar-refractivity contribution < 1.29 is 9.90 Å².